The highest BCUT2D eigenvalue weighted by Crippen LogP contribution is 2.52. The Bertz CT molecular complexity index is 1590. The minimum atomic E-state index is -2.19. The average molecular weight is 740 g/mol. The molecular formula is C40H57NO8SSi. The van der Waals surface area contributed by atoms with Crippen molar-refractivity contribution in [1.29, 1.82) is 0 Å². The number of phenolic OH excluding ortho intramolecular Hbond substituents is 1. The number of benzene rings is 1. The molecule has 2 heterocycles. The van der Waals surface area contributed by atoms with Crippen LogP contribution in [-0.2, 0) is 29.9 Å². The second-order valence-corrected chi connectivity index (χ2v) is 21.6. The average Bonchev–Trinajstić information content (AvgIpc) is 3.35. The summed E-state index contributed by atoms with van der Waals surface area (Å²) < 4.78 is 23.5. The van der Waals surface area contributed by atoms with Gasteiger partial charge in [0.2, 0.25) is 5.91 Å². The van der Waals surface area contributed by atoms with Crippen LogP contribution in [0.5, 0.6) is 11.5 Å². The molecule has 1 aromatic carbocycles. The monoisotopic (exact) mass is 739 g/mol. The Balaban J connectivity index is 1.59. The molecule has 0 spiro atoms. The second kappa shape index (κ2) is 16.6. The molecule has 280 valence electrons. The van der Waals surface area contributed by atoms with Gasteiger partial charge in [0, 0.05) is 11.5 Å². The highest BCUT2D eigenvalue weighted by atomic mass is 32.2. The molecule has 0 radical (unpaired) electrons. The summed E-state index contributed by atoms with van der Waals surface area (Å²) in [5.41, 5.74) is 3.63. The normalized spacial score (nSPS) is 22.5. The Morgan fingerprint density at radius 1 is 1.20 bits per heavy atom. The van der Waals surface area contributed by atoms with E-state index >= 15 is 0 Å². The fraction of sp³-hybridized carbons (Fsp3) is 0.575. The van der Waals surface area contributed by atoms with Gasteiger partial charge in [-0.1, -0.05) is 88.8 Å². The lowest BCUT2D eigenvalue weighted by Crippen LogP contribution is -2.62. The number of rotatable bonds is 15. The van der Waals surface area contributed by atoms with Gasteiger partial charge in [-0.2, -0.15) is 0 Å². The molecular weight excluding hydrogens is 683 g/mol. The first-order valence-corrected chi connectivity index (χ1v) is 21.9. The van der Waals surface area contributed by atoms with Crippen LogP contribution in [0.2, 0.25) is 18.1 Å². The van der Waals surface area contributed by atoms with Crippen molar-refractivity contribution in [2.75, 3.05) is 13.2 Å². The van der Waals surface area contributed by atoms with Gasteiger partial charge in [0.1, 0.15) is 35.8 Å². The molecule has 0 saturated carbocycles. The van der Waals surface area contributed by atoms with Crippen LogP contribution in [0.15, 0.2) is 59.2 Å². The minimum absolute atomic E-state index is 0.0364. The minimum Gasteiger partial charge on any atom is -0.507 e. The standard InChI is InChI=1S/C40H57NO8SSi/c1-12-14-15-16-27-21-30(42)34(29-20-25(5)17-18-28(29)24(3)4)31(22-27)48-39(45)47-23-32-35(38(44)46-19-13-2)41-36(43)33(37(41)50-32)26(6)49-51(10,11)40(7,8)9/h13,20-22,26,28-29,33,37,42H,2-3,12,14-19,23H2,1,4-11H3/t26-,28+,29-,33+,37-/m1/s1. The van der Waals surface area contributed by atoms with E-state index in [1.807, 2.05) is 19.9 Å². The van der Waals surface area contributed by atoms with Crippen molar-refractivity contribution in [3.8, 4) is 11.5 Å². The summed E-state index contributed by atoms with van der Waals surface area (Å²) >= 11 is 1.30. The lowest BCUT2D eigenvalue weighted by molar-refractivity contribution is -0.157. The fourth-order valence-electron chi connectivity index (χ4n) is 6.81. The molecule has 0 aromatic heterocycles. The third-order valence-corrected chi connectivity index (χ3v) is 16.6. The summed E-state index contributed by atoms with van der Waals surface area (Å²) in [4.78, 5) is 42.2. The fourth-order valence-corrected chi connectivity index (χ4v) is 9.75. The van der Waals surface area contributed by atoms with Gasteiger partial charge < -0.3 is 23.7 Å². The number of phenols is 1. The summed E-state index contributed by atoms with van der Waals surface area (Å²) in [6.45, 7) is 26.3. The van der Waals surface area contributed by atoms with Crippen LogP contribution in [0.3, 0.4) is 0 Å². The maximum Gasteiger partial charge on any atom is 0.514 e. The van der Waals surface area contributed by atoms with Crippen LogP contribution in [0.4, 0.5) is 4.79 Å². The number of aromatic hydroxyl groups is 1. The molecule has 4 rings (SSSR count). The molecule has 1 aromatic rings. The van der Waals surface area contributed by atoms with Gasteiger partial charge in [0.05, 0.1) is 16.9 Å². The van der Waals surface area contributed by atoms with Gasteiger partial charge >= 0.3 is 12.1 Å². The van der Waals surface area contributed by atoms with Gasteiger partial charge in [0.25, 0.3) is 0 Å². The van der Waals surface area contributed by atoms with Crippen molar-refractivity contribution in [3.63, 3.8) is 0 Å². The van der Waals surface area contributed by atoms with E-state index in [1.54, 1.807) is 6.07 Å². The smallest absolute Gasteiger partial charge is 0.507 e. The van der Waals surface area contributed by atoms with Crippen LogP contribution in [0, 0.1) is 11.8 Å². The Hall–Kier alpha value is -3.28. The molecule has 5 atom stereocenters. The molecule has 0 bridgehead atoms. The molecule has 1 N–H and O–H groups in total. The van der Waals surface area contributed by atoms with E-state index in [1.165, 1.54) is 28.3 Å². The summed E-state index contributed by atoms with van der Waals surface area (Å²) in [5.74, 6) is -1.27. The number of thioether (sulfide) groups is 1. The molecule has 3 aliphatic rings. The van der Waals surface area contributed by atoms with Crippen molar-refractivity contribution >= 4 is 38.1 Å². The number of aryl methyl sites for hydroxylation is 1. The van der Waals surface area contributed by atoms with E-state index in [0.717, 1.165) is 49.7 Å². The molecule has 9 nitrogen and oxygen atoms in total. The maximum absolute atomic E-state index is 13.6. The van der Waals surface area contributed by atoms with Gasteiger partial charge in [-0.3, -0.25) is 9.69 Å². The predicted molar refractivity (Wildman–Crippen MR) is 205 cm³/mol. The zero-order chi connectivity index (χ0) is 37.8. The van der Waals surface area contributed by atoms with E-state index in [9.17, 15) is 19.5 Å². The summed E-state index contributed by atoms with van der Waals surface area (Å²) in [7, 11) is -2.19. The number of ether oxygens (including phenoxy) is 3. The molecule has 1 saturated heterocycles. The van der Waals surface area contributed by atoms with Gasteiger partial charge in [-0.15, -0.1) is 0 Å². The molecule has 51 heavy (non-hydrogen) atoms. The van der Waals surface area contributed by atoms with Crippen LogP contribution in [0.25, 0.3) is 0 Å². The van der Waals surface area contributed by atoms with Gasteiger partial charge in [-0.05, 0) is 88.2 Å². The number of allylic oxidation sites excluding steroid dienone is 3. The highest BCUT2D eigenvalue weighted by molar-refractivity contribution is 8.04. The number of esters is 1. The van der Waals surface area contributed by atoms with Crippen LogP contribution >= 0.6 is 11.8 Å². The zero-order valence-corrected chi connectivity index (χ0v) is 33.7. The number of amides is 1. The Labute approximate surface area is 309 Å². The van der Waals surface area contributed by atoms with E-state index in [4.69, 9.17) is 18.6 Å². The van der Waals surface area contributed by atoms with Crippen LogP contribution in [0.1, 0.15) is 97.6 Å². The van der Waals surface area contributed by atoms with Crippen molar-refractivity contribution in [2.45, 2.75) is 123 Å². The maximum atomic E-state index is 13.6. The number of carbonyl (C=O) groups excluding carboxylic acids is 3. The molecule has 0 unspecified atom stereocenters. The summed E-state index contributed by atoms with van der Waals surface area (Å²) in [5, 5.41) is 11.0. The number of nitrogens with zero attached hydrogens (tertiary/aromatic N) is 1. The number of β-lactam (4-membered cyclic amide) rings is 1. The number of carbonyl (C=O) groups is 3. The van der Waals surface area contributed by atoms with Crippen molar-refractivity contribution in [3.05, 3.63) is 70.3 Å². The topological polar surface area (TPSA) is 112 Å². The zero-order valence-electron chi connectivity index (χ0n) is 31.9. The van der Waals surface area contributed by atoms with Crippen LogP contribution in [-0.4, -0.2) is 61.0 Å². The van der Waals surface area contributed by atoms with Gasteiger partial charge in [0.15, 0.2) is 8.32 Å². The molecule has 1 aliphatic carbocycles. The third-order valence-electron chi connectivity index (χ3n) is 10.6. The molecule has 1 amide bonds. The van der Waals surface area contributed by atoms with E-state index < -0.39 is 31.7 Å². The lowest BCUT2D eigenvalue weighted by atomic mass is 9.73. The van der Waals surface area contributed by atoms with E-state index in [0.29, 0.717) is 10.5 Å². The predicted octanol–water partition coefficient (Wildman–Crippen LogP) is 9.54. The Kier molecular flexibility index (Phi) is 13.2. The Morgan fingerprint density at radius 2 is 1.90 bits per heavy atom. The first-order chi connectivity index (χ1) is 23.9. The number of hydrogen-bond acceptors (Lipinski definition) is 9. The highest BCUT2D eigenvalue weighted by Gasteiger charge is 2.59. The summed E-state index contributed by atoms with van der Waals surface area (Å²) in [6, 6.07) is 3.59. The van der Waals surface area contributed by atoms with Crippen molar-refractivity contribution in [2.24, 2.45) is 11.8 Å². The van der Waals surface area contributed by atoms with E-state index in [2.05, 4.69) is 66.9 Å². The first kappa shape index (κ1) is 40.5. The number of unbranched alkanes of at least 4 members (excludes halogenated alkanes) is 2. The molecule has 1 fully saturated rings. The first-order valence-electron chi connectivity index (χ1n) is 18.1. The molecule has 11 heteroatoms. The van der Waals surface area contributed by atoms with Crippen molar-refractivity contribution in [1.82, 2.24) is 4.90 Å². The van der Waals surface area contributed by atoms with Gasteiger partial charge in [-0.25, -0.2) is 9.59 Å². The summed E-state index contributed by atoms with van der Waals surface area (Å²) in [6.07, 6.45) is 7.76. The quantitative estimate of drug-likeness (QED) is 0.0470. The molecule has 2 aliphatic heterocycles. The third kappa shape index (κ3) is 9.03. The number of hydrogen-bond donors (Lipinski definition) is 1. The largest absolute Gasteiger partial charge is 0.514 e. The SMILES string of the molecule is C=CCOC(=O)C1=C(COC(=O)Oc2cc(CCCCC)cc(O)c2[C@@H]2C=C(C)CC[C@H]2C(=C)C)S[C@@H]2[C@@H]([C@@H](C)O[Si](C)(C)C(C)(C)C)C(=O)N12. The second-order valence-electron chi connectivity index (χ2n) is 15.6. The Morgan fingerprint density at radius 3 is 2.53 bits per heavy atom. The van der Waals surface area contributed by atoms with E-state index in [-0.39, 0.29) is 59.3 Å². The lowest BCUT2D eigenvalue weighted by Gasteiger charge is -2.48. The number of fused-ring (bicyclic) bond motifs is 1. The van der Waals surface area contributed by atoms with Crippen molar-refractivity contribution < 1.29 is 38.1 Å². The van der Waals surface area contributed by atoms with Crippen LogP contribution < -0.4 is 4.74 Å².